The first-order valence-electron chi connectivity index (χ1n) is 15.2. The molecule has 2 heteroatoms. The molecule has 0 heterocycles. The highest BCUT2D eigenvalue weighted by Crippen LogP contribution is 2.64. The van der Waals surface area contributed by atoms with Gasteiger partial charge in [0.05, 0.1) is 0 Å². The zero-order valence-corrected chi connectivity index (χ0v) is 27.8. The highest BCUT2D eigenvalue weighted by molar-refractivity contribution is 7.77. The van der Waals surface area contributed by atoms with Crippen LogP contribution in [-0.2, 0) is 0 Å². The normalized spacial score (nSPS) is 21.4. The van der Waals surface area contributed by atoms with E-state index in [1.807, 2.05) is 0 Å². The Balaban J connectivity index is 1.60. The Labute approximate surface area is 250 Å². The minimum Gasteiger partial charge on any atom is -0.0844 e. The molecule has 2 bridgehead atoms. The summed E-state index contributed by atoms with van der Waals surface area (Å²) in [6, 6.07) is 29.5. The highest BCUT2D eigenvalue weighted by atomic mass is 31.1. The summed E-state index contributed by atoms with van der Waals surface area (Å²) in [5, 5.41) is 6.26. The number of hydrogen-bond donors (Lipinski definition) is 0. The van der Waals surface area contributed by atoms with Gasteiger partial charge in [0.15, 0.2) is 0 Å². The molecule has 2 aliphatic carbocycles. The molecule has 41 heavy (non-hydrogen) atoms. The molecule has 1 saturated carbocycles. The van der Waals surface area contributed by atoms with Crippen molar-refractivity contribution in [2.24, 2.45) is 11.8 Å². The van der Waals surface area contributed by atoms with E-state index in [1.165, 1.54) is 50.9 Å². The molecule has 0 spiro atoms. The van der Waals surface area contributed by atoms with Crippen molar-refractivity contribution in [3.05, 3.63) is 129 Å². The Bertz CT molecular complexity index is 1340. The van der Waals surface area contributed by atoms with Crippen molar-refractivity contribution in [2.75, 3.05) is 0 Å². The molecular formula is C39H44P2. The van der Waals surface area contributed by atoms with Gasteiger partial charge in [0.25, 0.3) is 0 Å². The first kappa shape index (κ1) is 28.6. The van der Waals surface area contributed by atoms with Crippen molar-refractivity contribution >= 4 is 37.1 Å². The molecule has 0 aromatic heterocycles. The molecule has 1 fully saturated rings. The van der Waals surface area contributed by atoms with E-state index >= 15 is 0 Å². The predicted octanol–water partition coefficient (Wildman–Crippen LogP) is 8.66. The number of aryl methyl sites for hydroxylation is 8. The number of allylic oxidation sites excluding steroid dienone is 2. The first-order chi connectivity index (χ1) is 19.5. The van der Waals surface area contributed by atoms with Crippen LogP contribution in [0.15, 0.2) is 84.9 Å². The molecule has 0 amide bonds. The fraction of sp³-hybridized carbons (Fsp3) is 0.333. The van der Waals surface area contributed by atoms with Crippen molar-refractivity contribution in [3.8, 4) is 0 Å². The maximum absolute atomic E-state index is 2.60. The lowest BCUT2D eigenvalue weighted by molar-refractivity contribution is 0.695. The lowest BCUT2D eigenvalue weighted by Crippen LogP contribution is -2.38. The summed E-state index contributed by atoms with van der Waals surface area (Å²) in [7, 11) is -1.10. The van der Waals surface area contributed by atoms with Gasteiger partial charge < -0.3 is 0 Å². The number of hydrogen-bond acceptors (Lipinski definition) is 0. The molecule has 4 aromatic rings. The Morgan fingerprint density at radius 1 is 0.366 bits per heavy atom. The maximum Gasteiger partial charge on any atom is 0.00137 e. The molecule has 4 aromatic carbocycles. The second-order valence-corrected chi connectivity index (χ2v) is 17.8. The van der Waals surface area contributed by atoms with Gasteiger partial charge in [0.1, 0.15) is 0 Å². The van der Waals surface area contributed by atoms with Crippen LogP contribution in [0.5, 0.6) is 0 Å². The summed E-state index contributed by atoms with van der Waals surface area (Å²) in [5.41, 5.74) is 12.3. The van der Waals surface area contributed by atoms with Crippen molar-refractivity contribution < 1.29 is 0 Å². The van der Waals surface area contributed by atoms with Gasteiger partial charge >= 0.3 is 0 Å². The Hall–Kier alpha value is -2.52. The quantitative estimate of drug-likeness (QED) is 0.160. The average molecular weight is 575 g/mol. The SMILES string of the molecule is Cc1cc(C)cc(P(c2cc(C)cc(C)c2)C2C3C=CC(C3)C2P(c2cc(C)cc(C)c2)c2cc(C)cc(C)c2)c1. The Morgan fingerprint density at radius 3 is 0.805 bits per heavy atom. The largest absolute Gasteiger partial charge is 0.0844 e. The van der Waals surface area contributed by atoms with Crippen LogP contribution >= 0.6 is 15.8 Å². The highest BCUT2D eigenvalue weighted by Gasteiger charge is 2.52. The summed E-state index contributed by atoms with van der Waals surface area (Å²) >= 11 is 0. The lowest BCUT2D eigenvalue weighted by atomic mass is 10.1. The molecule has 4 unspecified atom stereocenters. The molecule has 6 rings (SSSR count). The molecule has 0 saturated heterocycles. The molecule has 0 nitrogen and oxygen atoms in total. The number of rotatable bonds is 6. The van der Waals surface area contributed by atoms with Crippen LogP contribution in [0.1, 0.15) is 50.9 Å². The van der Waals surface area contributed by atoms with E-state index in [0.717, 1.165) is 0 Å². The molecule has 0 aliphatic heterocycles. The van der Waals surface area contributed by atoms with Crippen LogP contribution in [0.3, 0.4) is 0 Å². The summed E-state index contributed by atoms with van der Waals surface area (Å²) in [5.74, 6) is 1.28. The maximum atomic E-state index is 2.60. The van der Waals surface area contributed by atoms with Gasteiger partial charge in [-0.25, -0.2) is 0 Å². The van der Waals surface area contributed by atoms with E-state index in [2.05, 4.69) is 140 Å². The summed E-state index contributed by atoms with van der Waals surface area (Å²) in [6.45, 7) is 18.2. The van der Waals surface area contributed by atoms with Crippen LogP contribution < -0.4 is 21.2 Å². The molecular weight excluding hydrogens is 530 g/mol. The van der Waals surface area contributed by atoms with Crippen LogP contribution in [-0.4, -0.2) is 11.3 Å². The topological polar surface area (TPSA) is 0 Å². The summed E-state index contributed by atoms with van der Waals surface area (Å²) in [4.78, 5) is 0. The lowest BCUT2D eigenvalue weighted by Gasteiger charge is -2.41. The van der Waals surface area contributed by atoms with E-state index in [4.69, 9.17) is 0 Å². The van der Waals surface area contributed by atoms with E-state index in [0.29, 0.717) is 23.2 Å². The summed E-state index contributed by atoms with van der Waals surface area (Å²) in [6.07, 6.45) is 6.50. The van der Waals surface area contributed by atoms with Crippen LogP contribution in [0.25, 0.3) is 0 Å². The number of benzene rings is 4. The molecule has 0 radical (unpaired) electrons. The van der Waals surface area contributed by atoms with Crippen LogP contribution in [0.2, 0.25) is 0 Å². The minimum absolute atomic E-state index is 0.550. The predicted molar refractivity (Wildman–Crippen MR) is 184 cm³/mol. The summed E-state index contributed by atoms with van der Waals surface area (Å²) < 4.78 is 0. The van der Waals surface area contributed by atoms with Crippen LogP contribution in [0, 0.1) is 67.2 Å². The third-order valence-corrected chi connectivity index (χ3v) is 15.0. The number of fused-ring (bicyclic) bond motifs is 2. The van der Waals surface area contributed by atoms with Gasteiger partial charge in [-0.3, -0.25) is 0 Å². The van der Waals surface area contributed by atoms with Gasteiger partial charge in [-0.1, -0.05) is 129 Å². The third-order valence-electron chi connectivity index (χ3n) is 8.91. The van der Waals surface area contributed by atoms with E-state index in [9.17, 15) is 0 Å². The fourth-order valence-corrected chi connectivity index (χ4v) is 15.6. The van der Waals surface area contributed by atoms with Gasteiger partial charge in [0, 0.05) is 11.3 Å². The smallest absolute Gasteiger partial charge is 0.00137 e. The minimum atomic E-state index is -0.550. The Morgan fingerprint density at radius 2 is 0.585 bits per heavy atom. The zero-order valence-electron chi connectivity index (χ0n) is 26.0. The van der Waals surface area contributed by atoms with Gasteiger partial charge in [0.2, 0.25) is 0 Å². The standard InChI is InChI=1S/C39H44P2/c1-24-11-25(2)16-34(15-24)40(35-17-26(3)12-27(4)18-35)38-32-9-10-33(23-32)39(38)41(36-19-28(5)13-29(6)20-36)37-21-30(7)14-31(8)22-37/h9-22,32-33,38-39H,23H2,1-8H3. The van der Waals surface area contributed by atoms with Crippen molar-refractivity contribution in [1.29, 1.82) is 0 Å². The first-order valence-corrected chi connectivity index (χ1v) is 18.0. The molecule has 210 valence electrons. The molecule has 2 aliphatic rings. The Kier molecular flexibility index (Phi) is 7.87. The molecule has 4 atom stereocenters. The molecule has 0 N–H and O–H groups in total. The van der Waals surface area contributed by atoms with Crippen molar-refractivity contribution in [2.45, 2.75) is 73.1 Å². The van der Waals surface area contributed by atoms with Crippen molar-refractivity contribution in [1.82, 2.24) is 0 Å². The average Bonchev–Trinajstić information content (AvgIpc) is 3.45. The fourth-order valence-electron chi connectivity index (χ4n) is 7.80. The van der Waals surface area contributed by atoms with Gasteiger partial charge in [-0.15, -0.1) is 0 Å². The third kappa shape index (κ3) is 5.76. The monoisotopic (exact) mass is 574 g/mol. The van der Waals surface area contributed by atoms with Crippen LogP contribution in [0.4, 0.5) is 0 Å². The van der Waals surface area contributed by atoms with E-state index < -0.39 is 15.8 Å². The van der Waals surface area contributed by atoms with E-state index in [1.54, 1.807) is 21.2 Å². The van der Waals surface area contributed by atoms with Crippen molar-refractivity contribution in [3.63, 3.8) is 0 Å². The zero-order chi connectivity index (χ0) is 29.0. The van der Waals surface area contributed by atoms with Gasteiger partial charge in [-0.2, -0.15) is 0 Å². The second-order valence-electron chi connectivity index (χ2n) is 13.1. The second kappa shape index (κ2) is 11.3. The van der Waals surface area contributed by atoms with E-state index in [-0.39, 0.29) is 0 Å². The van der Waals surface area contributed by atoms with Gasteiger partial charge in [-0.05, 0) is 111 Å².